The zero-order valence-electron chi connectivity index (χ0n) is 15.0. The van der Waals surface area contributed by atoms with E-state index in [4.69, 9.17) is 21.5 Å². The minimum absolute atomic E-state index is 0.0265. The normalized spacial score (nSPS) is 12.4. The Morgan fingerprint density at radius 2 is 1.93 bits per heavy atom. The van der Waals surface area contributed by atoms with E-state index in [0.717, 1.165) is 17.4 Å². The van der Waals surface area contributed by atoms with E-state index in [1.807, 2.05) is 31.2 Å². The van der Waals surface area contributed by atoms with Crippen LogP contribution in [-0.4, -0.2) is 34.5 Å². The van der Waals surface area contributed by atoms with Crippen molar-refractivity contribution in [3.8, 4) is 5.75 Å². The molecular formula is C18H22ClN3O4S. The average Bonchev–Trinajstić information content (AvgIpc) is 2.64. The third-order valence-corrected chi connectivity index (χ3v) is 5.36. The Kier molecular flexibility index (Phi) is 7.20. The van der Waals surface area contributed by atoms with Crippen molar-refractivity contribution in [2.45, 2.75) is 17.9 Å². The molecule has 0 fully saturated rings. The minimum Gasteiger partial charge on any atom is -0.496 e. The number of para-hydroxylation sites is 1. The van der Waals surface area contributed by atoms with Gasteiger partial charge in [0, 0.05) is 30.3 Å². The average molecular weight is 412 g/mol. The van der Waals surface area contributed by atoms with Gasteiger partial charge in [-0.25, -0.2) is 13.6 Å². The van der Waals surface area contributed by atoms with Gasteiger partial charge in [-0.3, -0.25) is 4.79 Å². The van der Waals surface area contributed by atoms with E-state index in [9.17, 15) is 13.2 Å². The maximum absolute atomic E-state index is 12.2. The highest BCUT2D eigenvalue weighted by atomic mass is 35.5. The second-order valence-electron chi connectivity index (χ2n) is 5.86. The maximum Gasteiger partial charge on any atom is 0.251 e. The fourth-order valence-corrected chi connectivity index (χ4v) is 3.63. The van der Waals surface area contributed by atoms with E-state index in [1.54, 1.807) is 7.11 Å². The summed E-state index contributed by atoms with van der Waals surface area (Å²) in [6.45, 7) is 2.86. The van der Waals surface area contributed by atoms with E-state index in [-0.39, 0.29) is 21.5 Å². The van der Waals surface area contributed by atoms with Gasteiger partial charge in [0.15, 0.2) is 0 Å². The molecule has 2 rings (SSSR count). The molecule has 0 unspecified atom stereocenters. The molecule has 0 radical (unpaired) electrons. The van der Waals surface area contributed by atoms with Gasteiger partial charge in [-0.1, -0.05) is 29.8 Å². The SMILES string of the molecule is COc1ccccc1[C@H](C)NCCNC(=O)c1ccc(Cl)c(S(N)(=O)=O)c1. The Bertz CT molecular complexity index is 919. The van der Waals surface area contributed by atoms with Gasteiger partial charge in [0.2, 0.25) is 10.0 Å². The fraction of sp³-hybridized carbons (Fsp3) is 0.278. The summed E-state index contributed by atoms with van der Waals surface area (Å²) in [5, 5.41) is 11.1. The quantitative estimate of drug-likeness (QED) is 0.576. The maximum atomic E-state index is 12.2. The molecule has 27 heavy (non-hydrogen) atoms. The summed E-state index contributed by atoms with van der Waals surface area (Å²) in [5.41, 5.74) is 1.18. The first-order valence-corrected chi connectivity index (χ1v) is 10.1. The highest BCUT2D eigenvalue weighted by Gasteiger charge is 2.16. The monoisotopic (exact) mass is 411 g/mol. The van der Waals surface area contributed by atoms with Crippen molar-refractivity contribution < 1.29 is 17.9 Å². The van der Waals surface area contributed by atoms with Gasteiger partial charge in [-0.2, -0.15) is 0 Å². The van der Waals surface area contributed by atoms with E-state index >= 15 is 0 Å². The largest absolute Gasteiger partial charge is 0.496 e. The van der Waals surface area contributed by atoms with Crippen LogP contribution in [0.3, 0.4) is 0 Å². The molecule has 146 valence electrons. The van der Waals surface area contributed by atoms with Crippen LogP contribution in [0.15, 0.2) is 47.4 Å². The van der Waals surface area contributed by atoms with Crippen LogP contribution < -0.4 is 20.5 Å². The Balaban J connectivity index is 1.91. The van der Waals surface area contributed by atoms with Gasteiger partial charge in [0.05, 0.1) is 12.1 Å². The van der Waals surface area contributed by atoms with Gasteiger partial charge in [-0.05, 0) is 31.2 Å². The molecule has 0 saturated carbocycles. The number of hydrogen-bond acceptors (Lipinski definition) is 5. The molecule has 0 spiro atoms. The van der Waals surface area contributed by atoms with Crippen LogP contribution >= 0.6 is 11.6 Å². The Hall–Kier alpha value is -2.13. The number of halogens is 1. The molecule has 1 amide bonds. The van der Waals surface area contributed by atoms with Gasteiger partial charge in [0.1, 0.15) is 10.6 Å². The highest BCUT2D eigenvalue weighted by molar-refractivity contribution is 7.89. The predicted molar refractivity (Wildman–Crippen MR) is 105 cm³/mol. The van der Waals surface area contributed by atoms with E-state index in [0.29, 0.717) is 13.1 Å². The molecule has 0 heterocycles. The Morgan fingerprint density at radius 3 is 2.59 bits per heavy atom. The smallest absolute Gasteiger partial charge is 0.251 e. The van der Waals surface area contributed by atoms with Crippen LogP contribution in [0.5, 0.6) is 5.75 Å². The summed E-state index contributed by atoms with van der Waals surface area (Å²) in [6, 6.07) is 11.7. The van der Waals surface area contributed by atoms with Crippen molar-refractivity contribution in [3.63, 3.8) is 0 Å². The number of nitrogens with two attached hydrogens (primary N) is 1. The third-order valence-electron chi connectivity index (χ3n) is 3.97. The first kappa shape index (κ1) is 21.2. The van der Waals surface area contributed by atoms with Crippen molar-refractivity contribution in [1.29, 1.82) is 0 Å². The number of nitrogens with one attached hydrogen (secondary N) is 2. The van der Waals surface area contributed by atoms with E-state index < -0.39 is 15.9 Å². The van der Waals surface area contributed by atoms with Crippen LogP contribution in [-0.2, 0) is 10.0 Å². The first-order chi connectivity index (χ1) is 12.7. The lowest BCUT2D eigenvalue weighted by atomic mass is 10.1. The van der Waals surface area contributed by atoms with E-state index in [1.165, 1.54) is 12.1 Å². The second kappa shape index (κ2) is 9.18. The number of rotatable bonds is 8. The number of benzene rings is 2. The summed E-state index contributed by atoms with van der Waals surface area (Å²) in [6.07, 6.45) is 0. The van der Waals surface area contributed by atoms with Gasteiger partial charge < -0.3 is 15.4 Å². The van der Waals surface area contributed by atoms with Crippen molar-refractivity contribution in [2.75, 3.05) is 20.2 Å². The van der Waals surface area contributed by atoms with Crippen LogP contribution in [0, 0.1) is 0 Å². The summed E-state index contributed by atoms with van der Waals surface area (Å²) in [5.74, 6) is 0.376. The fourth-order valence-electron chi connectivity index (χ4n) is 2.56. The highest BCUT2D eigenvalue weighted by Crippen LogP contribution is 2.24. The van der Waals surface area contributed by atoms with Crippen LogP contribution in [0.4, 0.5) is 0 Å². The molecule has 0 bridgehead atoms. The first-order valence-electron chi connectivity index (χ1n) is 8.21. The molecule has 0 aliphatic carbocycles. The second-order valence-corrected chi connectivity index (χ2v) is 7.80. The molecule has 7 nitrogen and oxygen atoms in total. The Morgan fingerprint density at radius 1 is 1.22 bits per heavy atom. The molecule has 2 aromatic carbocycles. The number of carbonyl (C=O) groups excluding carboxylic acids is 1. The van der Waals surface area contributed by atoms with Gasteiger partial charge in [-0.15, -0.1) is 0 Å². The van der Waals surface area contributed by atoms with Crippen molar-refractivity contribution in [3.05, 3.63) is 58.6 Å². The minimum atomic E-state index is -4.00. The molecule has 0 saturated heterocycles. The summed E-state index contributed by atoms with van der Waals surface area (Å²) >= 11 is 5.82. The number of amides is 1. The van der Waals surface area contributed by atoms with Crippen molar-refractivity contribution in [1.82, 2.24) is 10.6 Å². The van der Waals surface area contributed by atoms with Crippen molar-refractivity contribution >= 4 is 27.5 Å². The zero-order chi connectivity index (χ0) is 20.0. The molecule has 2 aromatic rings. The van der Waals surface area contributed by atoms with E-state index in [2.05, 4.69) is 10.6 Å². The molecule has 9 heteroatoms. The van der Waals surface area contributed by atoms with Gasteiger partial charge in [0.25, 0.3) is 5.91 Å². The lowest BCUT2D eigenvalue weighted by molar-refractivity contribution is 0.0953. The third kappa shape index (κ3) is 5.67. The van der Waals surface area contributed by atoms with Crippen LogP contribution in [0.2, 0.25) is 5.02 Å². The standard InChI is InChI=1S/C18H22ClN3O4S/c1-12(14-5-3-4-6-16(14)26-2)21-9-10-22-18(23)13-7-8-15(19)17(11-13)27(20,24)25/h3-8,11-12,21H,9-10H2,1-2H3,(H,22,23)(H2,20,24,25)/t12-/m0/s1. The summed E-state index contributed by atoms with van der Waals surface area (Å²) in [7, 11) is -2.38. The molecular weight excluding hydrogens is 390 g/mol. The number of methoxy groups -OCH3 is 1. The topological polar surface area (TPSA) is 111 Å². The number of sulfonamides is 1. The number of carbonyl (C=O) groups is 1. The lowest BCUT2D eigenvalue weighted by Gasteiger charge is -2.17. The summed E-state index contributed by atoms with van der Waals surface area (Å²) in [4.78, 5) is 11.9. The van der Waals surface area contributed by atoms with Crippen LogP contribution in [0.25, 0.3) is 0 Å². The Labute approximate surface area is 163 Å². The zero-order valence-corrected chi connectivity index (χ0v) is 16.6. The molecule has 4 N–H and O–H groups in total. The number of ether oxygens (including phenoxy) is 1. The number of primary sulfonamides is 1. The van der Waals surface area contributed by atoms with Gasteiger partial charge >= 0.3 is 0 Å². The summed E-state index contributed by atoms with van der Waals surface area (Å²) < 4.78 is 28.3. The molecule has 0 aliphatic heterocycles. The van der Waals surface area contributed by atoms with Crippen molar-refractivity contribution in [2.24, 2.45) is 5.14 Å². The predicted octanol–water partition coefficient (Wildman–Crippen LogP) is 2.08. The lowest BCUT2D eigenvalue weighted by Crippen LogP contribution is -2.33. The molecule has 1 atom stereocenters. The molecule has 0 aromatic heterocycles. The number of hydrogen-bond donors (Lipinski definition) is 3. The molecule has 0 aliphatic rings. The van der Waals surface area contributed by atoms with Crippen LogP contribution in [0.1, 0.15) is 28.9 Å².